The highest BCUT2D eigenvalue weighted by Gasteiger charge is 2.32. The second-order valence-electron chi connectivity index (χ2n) is 2.68. The summed E-state index contributed by atoms with van der Waals surface area (Å²) < 4.78 is 0. The Bertz CT molecular complexity index is 212. The topological polar surface area (TPSA) is 114 Å². The fraction of sp³-hybridized carbons (Fsp3) is 0.667. The number of aliphatic imine (C=N–C) groups is 1. The van der Waals surface area contributed by atoms with Crippen LogP contribution in [0.2, 0.25) is 0 Å². The van der Waals surface area contributed by atoms with E-state index < -0.39 is 12.0 Å². The Balaban J connectivity index is 2.64. The Morgan fingerprint density at radius 3 is 2.75 bits per heavy atom. The van der Waals surface area contributed by atoms with Crippen LogP contribution < -0.4 is 16.8 Å². The Kier molecular flexibility index (Phi) is 2.49. The van der Waals surface area contributed by atoms with Gasteiger partial charge in [-0.15, -0.1) is 0 Å². The van der Waals surface area contributed by atoms with Crippen molar-refractivity contribution < 1.29 is 9.90 Å². The van der Waals surface area contributed by atoms with Crippen molar-refractivity contribution in [2.75, 3.05) is 6.54 Å². The van der Waals surface area contributed by atoms with Crippen LogP contribution in [-0.4, -0.2) is 35.7 Å². The van der Waals surface area contributed by atoms with E-state index in [0.717, 1.165) is 0 Å². The fourth-order valence-corrected chi connectivity index (χ4v) is 1.27. The standard InChI is InChI=1S/C6H12N4O2/c7-6(8)10-3-1-2-9-4(3)5(11)12/h3-4,9H,1-2H2,(H,11,12)(H4,7,8,10). The molecule has 6 heteroatoms. The summed E-state index contributed by atoms with van der Waals surface area (Å²) in [5.41, 5.74) is 10.3. The third-order valence-corrected chi connectivity index (χ3v) is 1.77. The van der Waals surface area contributed by atoms with Crippen molar-refractivity contribution in [3.8, 4) is 0 Å². The van der Waals surface area contributed by atoms with Gasteiger partial charge in [0.05, 0.1) is 6.04 Å². The number of nitrogens with two attached hydrogens (primary N) is 2. The Labute approximate surface area is 69.6 Å². The molecule has 1 aliphatic heterocycles. The Hall–Kier alpha value is -1.30. The lowest BCUT2D eigenvalue weighted by atomic mass is 10.1. The summed E-state index contributed by atoms with van der Waals surface area (Å²) in [6, 6.07) is -0.973. The summed E-state index contributed by atoms with van der Waals surface area (Å²) in [4.78, 5) is 14.4. The molecule has 12 heavy (non-hydrogen) atoms. The van der Waals surface area contributed by atoms with Crippen molar-refractivity contribution in [3.63, 3.8) is 0 Å². The van der Waals surface area contributed by atoms with Gasteiger partial charge in [0.1, 0.15) is 6.04 Å². The van der Waals surface area contributed by atoms with E-state index >= 15 is 0 Å². The van der Waals surface area contributed by atoms with Crippen LogP contribution in [0.15, 0.2) is 4.99 Å². The van der Waals surface area contributed by atoms with Gasteiger partial charge in [-0.2, -0.15) is 0 Å². The lowest BCUT2D eigenvalue weighted by Gasteiger charge is -2.10. The van der Waals surface area contributed by atoms with Crippen molar-refractivity contribution in [1.29, 1.82) is 0 Å². The average molecular weight is 172 g/mol. The lowest BCUT2D eigenvalue weighted by Crippen LogP contribution is -2.39. The number of rotatable bonds is 2. The zero-order chi connectivity index (χ0) is 9.14. The average Bonchev–Trinajstić information content (AvgIpc) is 2.33. The SMILES string of the molecule is NC(N)=NC1CCNC1C(=O)O. The fourth-order valence-electron chi connectivity index (χ4n) is 1.27. The summed E-state index contributed by atoms with van der Waals surface area (Å²) in [7, 11) is 0. The molecule has 68 valence electrons. The molecule has 1 aliphatic rings. The molecule has 1 heterocycles. The van der Waals surface area contributed by atoms with Crippen molar-refractivity contribution >= 4 is 11.9 Å². The molecule has 0 spiro atoms. The highest BCUT2D eigenvalue weighted by Crippen LogP contribution is 2.10. The number of nitrogens with zero attached hydrogens (tertiary/aromatic N) is 1. The quantitative estimate of drug-likeness (QED) is 0.286. The van der Waals surface area contributed by atoms with Crippen LogP contribution in [0, 0.1) is 0 Å². The summed E-state index contributed by atoms with van der Waals surface area (Å²) in [6.45, 7) is 0.637. The summed E-state index contributed by atoms with van der Waals surface area (Å²) in [5, 5.41) is 11.5. The Morgan fingerprint density at radius 1 is 1.58 bits per heavy atom. The van der Waals surface area contributed by atoms with Crippen LogP contribution in [0.25, 0.3) is 0 Å². The van der Waals surface area contributed by atoms with Crippen LogP contribution in [0.4, 0.5) is 0 Å². The van der Waals surface area contributed by atoms with Crippen molar-refractivity contribution in [2.24, 2.45) is 16.5 Å². The van der Waals surface area contributed by atoms with E-state index in [4.69, 9.17) is 16.6 Å². The molecule has 0 aromatic carbocycles. The number of carbonyl (C=O) groups is 1. The number of guanidine groups is 1. The number of hydrogen-bond acceptors (Lipinski definition) is 3. The normalized spacial score (nSPS) is 28.3. The van der Waals surface area contributed by atoms with Crippen LogP contribution >= 0.6 is 0 Å². The number of aliphatic carboxylic acids is 1. The molecule has 6 N–H and O–H groups in total. The Morgan fingerprint density at radius 2 is 2.25 bits per heavy atom. The third-order valence-electron chi connectivity index (χ3n) is 1.77. The summed E-state index contributed by atoms with van der Waals surface area (Å²) in [6.07, 6.45) is 0.662. The molecular weight excluding hydrogens is 160 g/mol. The van der Waals surface area contributed by atoms with E-state index in [1.807, 2.05) is 0 Å². The summed E-state index contributed by atoms with van der Waals surface area (Å²) in [5.74, 6) is -0.975. The smallest absolute Gasteiger partial charge is 0.322 e. The minimum absolute atomic E-state index is 0.0602. The monoisotopic (exact) mass is 172 g/mol. The molecule has 0 amide bonds. The van der Waals surface area contributed by atoms with Crippen molar-refractivity contribution in [3.05, 3.63) is 0 Å². The molecule has 0 bridgehead atoms. The van der Waals surface area contributed by atoms with Crippen LogP contribution in [0.5, 0.6) is 0 Å². The minimum atomic E-state index is -0.914. The van der Waals surface area contributed by atoms with Gasteiger partial charge >= 0.3 is 5.97 Å². The van der Waals surface area contributed by atoms with E-state index in [9.17, 15) is 4.79 Å². The van der Waals surface area contributed by atoms with E-state index in [1.165, 1.54) is 0 Å². The van der Waals surface area contributed by atoms with Gasteiger partial charge in [-0.1, -0.05) is 0 Å². The first-order valence-corrected chi connectivity index (χ1v) is 3.66. The molecule has 1 rings (SSSR count). The molecule has 6 nitrogen and oxygen atoms in total. The number of carboxylic acids is 1. The largest absolute Gasteiger partial charge is 0.480 e. The predicted octanol–water partition coefficient (Wildman–Crippen LogP) is -1.93. The van der Waals surface area contributed by atoms with Crippen LogP contribution in [0.3, 0.4) is 0 Å². The van der Waals surface area contributed by atoms with E-state index in [-0.39, 0.29) is 12.0 Å². The van der Waals surface area contributed by atoms with Crippen molar-refractivity contribution in [2.45, 2.75) is 18.5 Å². The van der Waals surface area contributed by atoms with Gasteiger partial charge in [-0.3, -0.25) is 4.79 Å². The molecule has 2 unspecified atom stereocenters. The summed E-state index contributed by atoms with van der Waals surface area (Å²) >= 11 is 0. The molecule has 0 aromatic heterocycles. The van der Waals surface area contributed by atoms with Gasteiger partial charge in [0.2, 0.25) is 0 Å². The molecule has 1 saturated heterocycles. The van der Waals surface area contributed by atoms with Gasteiger partial charge < -0.3 is 21.9 Å². The molecule has 0 aromatic rings. The number of hydrogen-bond donors (Lipinski definition) is 4. The van der Waals surface area contributed by atoms with Gasteiger partial charge in [0.15, 0.2) is 5.96 Å². The second kappa shape index (κ2) is 3.40. The van der Waals surface area contributed by atoms with Gasteiger partial charge in [-0.05, 0) is 13.0 Å². The maximum absolute atomic E-state index is 10.6. The van der Waals surface area contributed by atoms with Crippen molar-refractivity contribution in [1.82, 2.24) is 5.32 Å². The maximum Gasteiger partial charge on any atom is 0.322 e. The predicted molar refractivity (Wildman–Crippen MR) is 43.6 cm³/mol. The number of nitrogens with one attached hydrogen (secondary N) is 1. The molecule has 0 aliphatic carbocycles. The lowest BCUT2D eigenvalue weighted by molar-refractivity contribution is -0.139. The molecule has 1 fully saturated rings. The molecule has 0 radical (unpaired) electrons. The number of carboxylic acid groups (broad SMARTS) is 1. The highest BCUT2D eigenvalue weighted by atomic mass is 16.4. The first-order valence-electron chi connectivity index (χ1n) is 3.66. The second-order valence-corrected chi connectivity index (χ2v) is 2.68. The van der Waals surface area contributed by atoms with E-state index in [2.05, 4.69) is 10.3 Å². The van der Waals surface area contributed by atoms with E-state index in [1.54, 1.807) is 0 Å². The highest BCUT2D eigenvalue weighted by molar-refractivity contribution is 5.78. The first kappa shape index (κ1) is 8.79. The van der Waals surface area contributed by atoms with Crippen LogP contribution in [-0.2, 0) is 4.79 Å². The molecule has 0 saturated carbocycles. The zero-order valence-electron chi connectivity index (χ0n) is 6.53. The van der Waals surface area contributed by atoms with Crippen LogP contribution in [0.1, 0.15) is 6.42 Å². The van der Waals surface area contributed by atoms with Gasteiger partial charge in [0, 0.05) is 0 Å². The maximum atomic E-state index is 10.6. The van der Waals surface area contributed by atoms with Gasteiger partial charge in [0.25, 0.3) is 0 Å². The molecule has 2 atom stereocenters. The first-order chi connectivity index (χ1) is 5.61. The third kappa shape index (κ3) is 1.85. The van der Waals surface area contributed by atoms with Gasteiger partial charge in [-0.25, -0.2) is 4.99 Å². The molecular formula is C6H12N4O2. The minimum Gasteiger partial charge on any atom is -0.480 e. The zero-order valence-corrected chi connectivity index (χ0v) is 6.53. The van der Waals surface area contributed by atoms with E-state index in [0.29, 0.717) is 13.0 Å².